The van der Waals surface area contributed by atoms with Gasteiger partial charge in [0, 0.05) is 33.6 Å². The van der Waals surface area contributed by atoms with Crippen LogP contribution in [0.5, 0.6) is 11.5 Å². The van der Waals surface area contributed by atoms with E-state index in [1.165, 1.54) is 0 Å². The van der Waals surface area contributed by atoms with E-state index < -0.39 is 10.8 Å². The van der Waals surface area contributed by atoms with Gasteiger partial charge in [-0.1, -0.05) is 0 Å². The lowest BCUT2D eigenvalue weighted by molar-refractivity contribution is 0.414. The molecule has 3 rings (SSSR count). The van der Waals surface area contributed by atoms with Gasteiger partial charge in [-0.2, -0.15) is 0 Å². The van der Waals surface area contributed by atoms with Crippen molar-refractivity contribution in [2.45, 2.75) is 0 Å². The topological polar surface area (TPSA) is 64.2 Å². The van der Waals surface area contributed by atoms with Crippen LogP contribution in [0.1, 0.15) is 5.82 Å². The number of hydrogen-bond donors (Lipinski definition) is 1. The predicted octanol–water partition coefficient (Wildman–Crippen LogP) is 4.11. The number of H-pyrrole nitrogens is 1. The molecule has 5 nitrogen and oxygen atoms in total. The van der Waals surface area contributed by atoms with Crippen LogP contribution in [0.15, 0.2) is 53.9 Å². The van der Waals surface area contributed by atoms with Gasteiger partial charge < -0.3 is 14.5 Å². The Morgan fingerprint density at radius 3 is 1.96 bits per heavy atom. The Bertz CT molecular complexity index is 864. The number of nitrogens with one attached hydrogen (secondary N) is 1. The molecule has 1 N–H and O–H groups in total. The zero-order chi connectivity index (χ0) is 18.5. The maximum Gasteiger partial charge on any atom is 0.131 e. The summed E-state index contributed by atoms with van der Waals surface area (Å²) in [4.78, 5) is 7.99. The van der Waals surface area contributed by atoms with E-state index in [4.69, 9.17) is 9.47 Å². The van der Waals surface area contributed by atoms with Crippen molar-refractivity contribution in [1.29, 1.82) is 0 Å². The van der Waals surface area contributed by atoms with Crippen molar-refractivity contribution in [2.24, 2.45) is 0 Å². The number of aromatic nitrogens is 2. The highest BCUT2D eigenvalue weighted by atomic mass is 32.2. The number of imidazole rings is 1. The molecule has 134 valence electrons. The zero-order valence-corrected chi connectivity index (χ0v) is 15.7. The average molecular weight is 368 g/mol. The smallest absolute Gasteiger partial charge is 0.131 e. The molecule has 26 heavy (non-hydrogen) atoms. The van der Waals surface area contributed by atoms with Gasteiger partial charge in [-0.3, -0.25) is 4.21 Å². The molecule has 0 fully saturated rings. The van der Waals surface area contributed by atoms with E-state index in [2.05, 4.69) is 9.97 Å². The largest absolute Gasteiger partial charge is 0.497 e. The van der Waals surface area contributed by atoms with Crippen molar-refractivity contribution >= 4 is 16.9 Å². The standard InChI is InChI=1S/C20H20N2O3S/c1-24-16-8-4-14(5-9-16)19-20(15-6-10-17(25-2)11-7-15)22-18(21-19)12-13-26(3)23/h4-13H,1-3H3,(H,21,22)/b13-12+. The lowest BCUT2D eigenvalue weighted by Gasteiger charge is -2.06. The second-order valence-corrected chi connectivity index (χ2v) is 6.87. The minimum absolute atomic E-state index is 0.650. The van der Waals surface area contributed by atoms with Crippen molar-refractivity contribution in [1.82, 2.24) is 9.97 Å². The third kappa shape index (κ3) is 4.03. The molecule has 0 aliphatic rings. The van der Waals surface area contributed by atoms with E-state index in [0.29, 0.717) is 5.82 Å². The molecule has 1 atom stereocenters. The van der Waals surface area contributed by atoms with Gasteiger partial charge in [0.25, 0.3) is 0 Å². The number of aromatic amines is 1. The minimum atomic E-state index is -1.03. The zero-order valence-electron chi connectivity index (χ0n) is 14.9. The van der Waals surface area contributed by atoms with E-state index >= 15 is 0 Å². The number of rotatable bonds is 6. The van der Waals surface area contributed by atoms with Crippen molar-refractivity contribution in [3.63, 3.8) is 0 Å². The second kappa shape index (κ2) is 8.01. The van der Waals surface area contributed by atoms with Crippen LogP contribution in [0, 0.1) is 0 Å². The van der Waals surface area contributed by atoms with Gasteiger partial charge in [0.15, 0.2) is 0 Å². The van der Waals surface area contributed by atoms with E-state index in [0.717, 1.165) is 34.0 Å². The first-order valence-electron chi connectivity index (χ1n) is 8.00. The molecular formula is C20H20N2O3S. The van der Waals surface area contributed by atoms with Gasteiger partial charge in [-0.05, 0) is 54.6 Å². The van der Waals surface area contributed by atoms with E-state index in [1.807, 2.05) is 48.5 Å². The van der Waals surface area contributed by atoms with Gasteiger partial charge in [0.1, 0.15) is 17.3 Å². The van der Waals surface area contributed by atoms with Gasteiger partial charge >= 0.3 is 0 Å². The molecule has 0 bridgehead atoms. The first-order valence-corrected chi connectivity index (χ1v) is 9.62. The molecule has 0 aliphatic heterocycles. The predicted molar refractivity (Wildman–Crippen MR) is 106 cm³/mol. The molecule has 1 heterocycles. The van der Waals surface area contributed by atoms with Crippen LogP contribution in [0.4, 0.5) is 0 Å². The van der Waals surface area contributed by atoms with Gasteiger partial charge in [-0.25, -0.2) is 4.98 Å². The van der Waals surface area contributed by atoms with Crippen molar-refractivity contribution in [2.75, 3.05) is 20.5 Å². The summed E-state index contributed by atoms with van der Waals surface area (Å²) in [6.07, 6.45) is 3.35. The Labute approximate surface area is 155 Å². The van der Waals surface area contributed by atoms with Crippen LogP contribution in [0.3, 0.4) is 0 Å². The molecule has 0 saturated heterocycles. The summed E-state index contributed by atoms with van der Waals surface area (Å²) >= 11 is 0. The van der Waals surface area contributed by atoms with Gasteiger partial charge in [0.05, 0.1) is 25.6 Å². The highest BCUT2D eigenvalue weighted by Crippen LogP contribution is 2.32. The van der Waals surface area contributed by atoms with E-state index in [9.17, 15) is 4.21 Å². The quantitative estimate of drug-likeness (QED) is 0.711. The van der Waals surface area contributed by atoms with Crippen LogP contribution in [-0.2, 0) is 10.8 Å². The number of nitrogens with zero attached hydrogens (tertiary/aromatic N) is 1. The number of benzene rings is 2. The van der Waals surface area contributed by atoms with E-state index in [1.54, 1.807) is 32.0 Å². The summed E-state index contributed by atoms with van der Waals surface area (Å²) in [7, 11) is 2.24. The molecule has 0 radical (unpaired) electrons. The van der Waals surface area contributed by atoms with Crippen LogP contribution in [-0.4, -0.2) is 34.7 Å². The molecule has 0 spiro atoms. The third-order valence-corrected chi connectivity index (χ3v) is 4.40. The summed E-state index contributed by atoms with van der Waals surface area (Å²) in [5.41, 5.74) is 3.66. The molecule has 3 aromatic rings. The maximum absolute atomic E-state index is 11.3. The monoisotopic (exact) mass is 368 g/mol. The first-order chi connectivity index (χ1) is 12.6. The number of methoxy groups -OCH3 is 2. The van der Waals surface area contributed by atoms with Crippen molar-refractivity contribution in [3.05, 3.63) is 59.8 Å². The summed E-state index contributed by atoms with van der Waals surface area (Å²) in [6, 6.07) is 15.5. The molecule has 1 unspecified atom stereocenters. The summed E-state index contributed by atoms with van der Waals surface area (Å²) < 4.78 is 21.8. The van der Waals surface area contributed by atoms with E-state index in [-0.39, 0.29) is 0 Å². The van der Waals surface area contributed by atoms with Gasteiger partial charge in [0.2, 0.25) is 0 Å². The SMILES string of the molecule is COc1ccc(-c2nc(/C=C/S(C)=O)[nH]c2-c2ccc(OC)cc2)cc1. The van der Waals surface area contributed by atoms with Crippen molar-refractivity contribution in [3.8, 4) is 34.0 Å². The number of hydrogen-bond acceptors (Lipinski definition) is 4. The maximum atomic E-state index is 11.3. The van der Waals surface area contributed by atoms with Crippen molar-refractivity contribution < 1.29 is 13.7 Å². The fraction of sp³-hybridized carbons (Fsp3) is 0.150. The first kappa shape index (κ1) is 17.9. The van der Waals surface area contributed by atoms with Crippen LogP contribution in [0.25, 0.3) is 28.6 Å². The second-order valence-electron chi connectivity index (χ2n) is 5.60. The van der Waals surface area contributed by atoms with Crippen LogP contribution < -0.4 is 9.47 Å². The summed E-state index contributed by atoms with van der Waals surface area (Å²) in [5.74, 6) is 2.23. The molecule has 2 aromatic carbocycles. The third-order valence-electron chi connectivity index (χ3n) is 3.88. The Balaban J connectivity index is 2.08. The number of ether oxygens (including phenoxy) is 2. The Morgan fingerprint density at radius 1 is 0.923 bits per heavy atom. The molecular weight excluding hydrogens is 348 g/mol. The molecule has 0 aliphatic carbocycles. The Morgan fingerprint density at radius 2 is 1.46 bits per heavy atom. The lowest BCUT2D eigenvalue weighted by Crippen LogP contribution is -1.87. The Hall–Kier alpha value is -2.86. The summed E-state index contributed by atoms with van der Waals surface area (Å²) in [6.45, 7) is 0. The highest BCUT2D eigenvalue weighted by molar-refractivity contribution is 7.87. The fourth-order valence-corrected chi connectivity index (χ4v) is 2.88. The van der Waals surface area contributed by atoms with Gasteiger partial charge in [-0.15, -0.1) is 0 Å². The molecule has 0 saturated carbocycles. The summed E-state index contributed by atoms with van der Waals surface area (Å²) in [5, 5.41) is 1.61. The highest BCUT2D eigenvalue weighted by Gasteiger charge is 2.13. The normalized spacial score (nSPS) is 12.3. The lowest BCUT2D eigenvalue weighted by atomic mass is 10.0. The Kier molecular flexibility index (Phi) is 5.53. The van der Waals surface area contributed by atoms with Crippen LogP contribution >= 0.6 is 0 Å². The van der Waals surface area contributed by atoms with Crippen LogP contribution in [0.2, 0.25) is 0 Å². The molecule has 1 aromatic heterocycles. The molecule has 6 heteroatoms. The average Bonchev–Trinajstić information content (AvgIpc) is 3.11. The molecule has 0 amide bonds. The fourth-order valence-electron chi connectivity index (χ4n) is 2.56. The minimum Gasteiger partial charge on any atom is -0.497 e.